The van der Waals surface area contributed by atoms with Crippen molar-refractivity contribution < 1.29 is 14.4 Å². The third kappa shape index (κ3) is 6.21. The van der Waals surface area contributed by atoms with Crippen LogP contribution in [0.4, 0.5) is 5.69 Å². The van der Waals surface area contributed by atoms with Crippen molar-refractivity contribution in [1.29, 1.82) is 0 Å². The van der Waals surface area contributed by atoms with E-state index in [0.29, 0.717) is 0 Å². The van der Waals surface area contributed by atoms with Crippen molar-refractivity contribution in [3.8, 4) is 0 Å². The molecule has 0 aliphatic heterocycles. The Morgan fingerprint density at radius 3 is 1.92 bits per heavy atom. The molecule has 37 heavy (non-hydrogen) atoms. The fraction of sp³-hybridized carbons (Fsp3) is 0.100. The zero-order valence-corrected chi connectivity index (χ0v) is 21.4. The largest absolute Gasteiger partial charge is 0.364 e. The molecule has 0 fully saturated rings. The molecule has 1 unspecified atom stereocenters. The van der Waals surface area contributed by atoms with E-state index in [9.17, 15) is 10.1 Å². The first-order chi connectivity index (χ1) is 18.2. The van der Waals surface area contributed by atoms with Crippen LogP contribution >= 0.6 is 22.7 Å². The molecule has 0 saturated carbocycles. The Bertz CT molecular complexity index is 1330. The van der Waals surface area contributed by atoms with Crippen molar-refractivity contribution in [2.75, 3.05) is 0 Å². The van der Waals surface area contributed by atoms with Crippen LogP contribution in [0.2, 0.25) is 0 Å². The van der Waals surface area contributed by atoms with Crippen molar-refractivity contribution in [3.05, 3.63) is 163 Å². The maximum Gasteiger partial charge on any atom is 0.269 e. The Kier molecular flexibility index (Phi) is 8.18. The van der Waals surface area contributed by atoms with E-state index >= 15 is 0 Å². The number of ether oxygens (including phenoxy) is 2. The summed E-state index contributed by atoms with van der Waals surface area (Å²) < 4.78 is 13.4. The zero-order chi connectivity index (χ0) is 25.5. The molecular formula is C30H24NO4S2. The molecule has 1 radical (unpaired) electrons. The summed E-state index contributed by atoms with van der Waals surface area (Å²) in [5.41, 5.74) is 2.99. The lowest BCUT2D eigenvalue weighted by Gasteiger charge is -2.30. The fourth-order valence-corrected chi connectivity index (χ4v) is 5.50. The number of non-ortho nitro benzene ring substituents is 1. The summed E-state index contributed by atoms with van der Waals surface area (Å²) in [6.45, 7) is 0.278. The first kappa shape index (κ1) is 25.0. The number of rotatable bonds is 11. The molecular weight excluding hydrogens is 502 g/mol. The third-order valence-electron chi connectivity index (χ3n) is 5.82. The van der Waals surface area contributed by atoms with Gasteiger partial charge in [-0.05, 0) is 51.7 Å². The van der Waals surface area contributed by atoms with Crippen LogP contribution in [0.25, 0.3) is 0 Å². The summed E-state index contributed by atoms with van der Waals surface area (Å²) >= 11 is 3.21. The van der Waals surface area contributed by atoms with Gasteiger partial charge in [-0.15, -0.1) is 22.7 Å². The summed E-state index contributed by atoms with van der Waals surface area (Å²) in [5.74, 6) is 0. The molecule has 5 aromatic rings. The maximum absolute atomic E-state index is 11.0. The number of hydrogen-bond acceptors (Lipinski definition) is 6. The van der Waals surface area contributed by atoms with Gasteiger partial charge in [-0.3, -0.25) is 10.1 Å². The minimum absolute atomic E-state index is 0.0568. The number of hydrogen-bond donors (Lipinski definition) is 0. The van der Waals surface area contributed by atoms with Gasteiger partial charge in [0, 0.05) is 21.9 Å². The monoisotopic (exact) mass is 526 g/mol. The molecule has 0 aliphatic carbocycles. The number of nitrogens with zero attached hydrogens (tertiary/aromatic N) is 1. The van der Waals surface area contributed by atoms with Crippen molar-refractivity contribution >= 4 is 28.4 Å². The quantitative estimate of drug-likeness (QED) is 0.128. The standard InChI is InChI=1S/C30H24NO4S2/c32-31(33)25-17-15-22(16-18-25)21-34-29(26-13-7-19-36-26)30(27-14-8-20-37-27)35-28(23-9-3-1-4-10-23)24-11-5-2-6-12-24/h1-20,28-29H,21H2. The van der Waals surface area contributed by atoms with Gasteiger partial charge in [-0.2, -0.15) is 0 Å². The van der Waals surface area contributed by atoms with E-state index in [-0.39, 0.29) is 18.4 Å². The van der Waals surface area contributed by atoms with E-state index in [2.05, 4.69) is 24.3 Å². The van der Waals surface area contributed by atoms with Crippen LogP contribution in [0.15, 0.2) is 120 Å². The van der Waals surface area contributed by atoms with Crippen LogP contribution < -0.4 is 0 Å². The van der Waals surface area contributed by atoms with E-state index in [1.807, 2.05) is 71.4 Å². The van der Waals surface area contributed by atoms with Crippen molar-refractivity contribution in [1.82, 2.24) is 0 Å². The second kappa shape index (κ2) is 12.1. The van der Waals surface area contributed by atoms with E-state index in [4.69, 9.17) is 9.47 Å². The van der Waals surface area contributed by atoms with Gasteiger partial charge in [0.2, 0.25) is 0 Å². The summed E-state index contributed by atoms with van der Waals surface area (Å²) in [6, 6.07) is 34.9. The van der Waals surface area contributed by atoms with Gasteiger partial charge in [-0.1, -0.05) is 72.8 Å². The van der Waals surface area contributed by atoms with Crippen LogP contribution in [0.5, 0.6) is 0 Å². The summed E-state index contributed by atoms with van der Waals surface area (Å²) in [5, 5.41) is 15.1. The molecule has 0 amide bonds. The normalized spacial score (nSPS) is 12.2. The first-order valence-corrected chi connectivity index (χ1v) is 13.5. The van der Waals surface area contributed by atoms with E-state index < -0.39 is 11.0 Å². The summed E-state index contributed by atoms with van der Waals surface area (Å²) in [7, 11) is 0. The number of thiophene rings is 2. The third-order valence-corrected chi connectivity index (χ3v) is 7.62. The highest BCUT2D eigenvalue weighted by atomic mass is 32.1. The van der Waals surface area contributed by atoms with Crippen LogP contribution in [0.3, 0.4) is 0 Å². The molecule has 3 aromatic carbocycles. The summed E-state index contributed by atoms with van der Waals surface area (Å²) in [4.78, 5) is 12.7. The van der Waals surface area contributed by atoms with Crippen molar-refractivity contribution in [2.45, 2.75) is 18.8 Å². The van der Waals surface area contributed by atoms with Crippen molar-refractivity contribution in [2.24, 2.45) is 0 Å². The van der Waals surface area contributed by atoms with Gasteiger partial charge in [-0.25, -0.2) is 0 Å². The van der Waals surface area contributed by atoms with Crippen LogP contribution in [-0.4, -0.2) is 4.92 Å². The molecule has 0 aliphatic rings. The minimum atomic E-state index is -0.455. The molecule has 0 spiro atoms. The van der Waals surface area contributed by atoms with Gasteiger partial charge in [0.05, 0.1) is 11.5 Å². The van der Waals surface area contributed by atoms with Gasteiger partial charge < -0.3 is 9.47 Å². The number of nitro benzene ring substituents is 1. The van der Waals surface area contributed by atoms with Crippen LogP contribution in [-0.2, 0) is 16.1 Å². The minimum Gasteiger partial charge on any atom is -0.364 e. The second-order valence-corrected chi connectivity index (χ2v) is 10.2. The Hall–Kier alpha value is -3.62. The highest BCUT2D eigenvalue weighted by Gasteiger charge is 2.33. The fourth-order valence-electron chi connectivity index (χ4n) is 4.00. The van der Waals surface area contributed by atoms with Gasteiger partial charge in [0.15, 0.2) is 6.10 Å². The second-order valence-electron chi connectivity index (χ2n) is 8.29. The predicted molar refractivity (Wildman–Crippen MR) is 147 cm³/mol. The van der Waals surface area contributed by atoms with Gasteiger partial charge in [0.1, 0.15) is 12.2 Å². The number of nitro groups is 1. The average molecular weight is 527 g/mol. The van der Waals surface area contributed by atoms with Crippen LogP contribution in [0, 0.1) is 16.2 Å². The molecule has 0 bridgehead atoms. The van der Waals surface area contributed by atoms with Crippen LogP contribution in [0.1, 0.15) is 38.7 Å². The van der Waals surface area contributed by atoms with E-state index in [1.54, 1.807) is 34.8 Å². The molecule has 5 rings (SSSR count). The molecule has 1 atom stereocenters. The topological polar surface area (TPSA) is 61.6 Å². The highest BCUT2D eigenvalue weighted by Crippen LogP contribution is 2.43. The Morgan fingerprint density at radius 2 is 1.38 bits per heavy atom. The summed E-state index contributed by atoms with van der Waals surface area (Å²) in [6.07, 6.45) is -0.0502. The van der Waals surface area contributed by atoms with Crippen molar-refractivity contribution in [3.63, 3.8) is 0 Å². The Morgan fingerprint density at radius 1 is 0.757 bits per heavy atom. The highest BCUT2D eigenvalue weighted by molar-refractivity contribution is 7.10. The van der Waals surface area contributed by atoms with Gasteiger partial charge >= 0.3 is 0 Å². The predicted octanol–water partition coefficient (Wildman–Crippen LogP) is 8.36. The number of benzene rings is 3. The first-order valence-electron chi connectivity index (χ1n) is 11.7. The smallest absolute Gasteiger partial charge is 0.269 e. The zero-order valence-electron chi connectivity index (χ0n) is 19.8. The lowest BCUT2D eigenvalue weighted by molar-refractivity contribution is -0.384. The Labute approximate surface area is 223 Å². The SMILES string of the molecule is O=[N+]([O-])c1ccc(COC([C](OC(c2ccccc2)c2ccccc2)c2cccs2)c2cccs2)cc1. The molecule has 0 saturated heterocycles. The lowest BCUT2D eigenvalue weighted by Crippen LogP contribution is -2.20. The molecule has 2 aromatic heterocycles. The Balaban J connectivity index is 1.49. The maximum atomic E-state index is 11.0. The molecule has 7 heteroatoms. The van der Waals surface area contributed by atoms with E-state index in [0.717, 1.165) is 32.5 Å². The molecule has 2 heterocycles. The molecule has 185 valence electrons. The average Bonchev–Trinajstić information content (AvgIpc) is 3.67. The lowest BCUT2D eigenvalue weighted by atomic mass is 10.0. The molecule has 0 N–H and O–H groups in total. The van der Waals surface area contributed by atoms with Gasteiger partial charge in [0.25, 0.3) is 5.69 Å². The molecule has 5 nitrogen and oxygen atoms in total. The van der Waals surface area contributed by atoms with E-state index in [1.165, 1.54) is 12.1 Å².